The van der Waals surface area contributed by atoms with E-state index in [0.717, 1.165) is 173 Å². The largest absolute Gasteiger partial charge is 0.462 e. The zero-order valence-corrected chi connectivity index (χ0v) is 52.2. The van der Waals surface area contributed by atoms with Crippen LogP contribution in [0, 0.1) is 0 Å². The van der Waals surface area contributed by atoms with Gasteiger partial charge in [-0.3, -0.25) is 14.4 Å². The molecule has 0 aromatic heterocycles. The van der Waals surface area contributed by atoms with Crippen LogP contribution in [0.1, 0.15) is 278 Å². The van der Waals surface area contributed by atoms with Gasteiger partial charge < -0.3 is 14.2 Å². The van der Waals surface area contributed by atoms with Gasteiger partial charge in [-0.1, -0.05) is 269 Å². The van der Waals surface area contributed by atoms with Crippen molar-refractivity contribution >= 4 is 17.9 Å². The molecule has 0 heterocycles. The third-order valence-electron chi connectivity index (χ3n) is 13.5. The second-order valence-corrected chi connectivity index (χ2v) is 21.3. The molecule has 0 aliphatic rings. The van der Waals surface area contributed by atoms with Gasteiger partial charge in [0.1, 0.15) is 13.2 Å². The minimum absolute atomic E-state index is 0.102. The summed E-state index contributed by atoms with van der Waals surface area (Å²) < 4.78 is 16.9. The zero-order valence-electron chi connectivity index (χ0n) is 52.2. The molecule has 0 aromatic rings. The van der Waals surface area contributed by atoms with Crippen molar-refractivity contribution in [1.29, 1.82) is 0 Å². The van der Waals surface area contributed by atoms with E-state index in [1.807, 2.05) is 0 Å². The highest BCUT2D eigenvalue weighted by Gasteiger charge is 2.19. The summed E-state index contributed by atoms with van der Waals surface area (Å²) >= 11 is 0. The van der Waals surface area contributed by atoms with E-state index in [9.17, 15) is 14.4 Å². The molecule has 6 heteroatoms. The highest BCUT2D eigenvalue weighted by atomic mass is 16.6. The second kappa shape index (κ2) is 67.5. The maximum absolute atomic E-state index is 12.9. The van der Waals surface area contributed by atoms with E-state index in [-0.39, 0.29) is 37.5 Å². The molecule has 456 valence electrons. The normalized spacial score (nSPS) is 13.2. The first-order valence-corrected chi connectivity index (χ1v) is 33.0. The molecule has 6 nitrogen and oxygen atoms in total. The molecule has 0 aliphatic heterocycles. The van der Waals surface area contributed by atoms with E-state index >= 15 is 0 Å². The summed E-state index contributed by atoms with van der Waals surface area (Å²) in [4.78, 5) is 38.3. The molecule has 0 bridgehead atoms. The summed E-state index contributed by atoms with van der Waals surface area (Å²) in [6, 6.07) is 0. The molecule has 0 rings (SSSR count). The fourth-order valence-corrected chi connectivity index (χ4v) is 8.62. The standard InChI is InChI=1S/C75H120O6/c1-4-7-10-13-16-19-22-25-28-30-31-32-33-34-35-36-37-38-39-40-41-42-43-45-47-50-53-56-59-62-65-68-74(77)80-71-72(70-79-73(76)67-64-61-58-55-52-49-46-27-24-21-18-15-12-9-6-3)81-75(78)69-66-63-60-57-54-51-48-44-29-26-23-20-17-14-11-8-5-2/h7-8,10-11,16-21,25-29,31-32,34-35,37-38,40-41,46,48,51,72H,4-6,9,12-15,22-24,30,33,36,39,42-45,47,49-50,52-71H2,1-3H3/b10-7-,11-8-,19-16-,20-17-,21-18-,28-25-,29-26-,32-31-,35-34-,38-37-,41-40-,46-27-,51-48-. The Morgan fingerprint density at radius 1 is 0.259 bits per heavy atom. The van der Waals surface area contributed by atoms with Crippen LogP contribution in [0.25, 0.3) is 0 Å². The Morgan fingerprint density at radius 3 is 0.753 bits per heavy atom. The zero-order chi connectivity index (χ0) is 58.5. The lowest BCUT2D eigenvalue weighted by atomic mass is 10.1. The van der Waals surface area contributed by atoms with E-state index in [1.165, 1.54) is 64.2 Å². The summed E-state index contributed by atoms with van der Waals surface area (Å²) in [7, 11) is 0. The number of hydrogen-bond acceptors (Lipinski definition) is 6. The number of allylic oxidation sites excluding steroid dienone is 26. The van der Waals surface area contributed by atoms with Crippen molar-refractivity contribution in [3.63, 3.8) is 0 Å². The summed E-state index contributed by atoms with van der Waals surface area (Å²) in [5.41, 5.74) is 0. The third-order valence-corrected chi connectivity index (χ3v) is 13.5. The third kappa shape index (κ3) is 65.7. The SMILES string of the molecule is CC/C=C\C/C=C\C/C=C\C/C=C\C/C=C\C/C=C\C/C=C\CCCCCCCCCCCC(=O)OCC(COC(=O)CCCCCCC/C=C\C/C=C\CCCCC)OC(=O)CCCCCC/C=C\C/C=C\C/C=C\C/C=C\CC. The molecule has 81 heavy (non-hydrogen) atoms. The van der Waals surface area contributed by atoms with Crippen molar-refractivity contribution in [2.75, 3.05) is 13.2 Å². The highest BCUT2D eigenvalue weighted by Crippen LogP contribution is 2.15. The minimum Gasteiger partial charge on any atom is -0.462 e. The highest BCUT2D eigenvalue weighted by molar-refractivity contribution is 5.71. The molecule has 0 aliphatic carbocycles. The molecule has 0 aromatic carbocycles. The van der Waals surface area contributed by atoms with Gasteiger partial charge in [-0.2, -0.15) is 0 Å². The van der Waals surface area contributed by atoms with Crippen LogP contribution in [0.15, 0.2) is 158 Å². The first kappa shape index (κ1) is 76.0. The van der Waals surface area contributed by atoms with Crippen LogP contribution >= 0.6 is 0 Å². The van der Waals surface area contributed by atoms with Crippen LogP contribution in [0.2, 0.25) is 0 Å². The minimum atomic E-state index is -0.808. The number of esters is 3. The van der Waals surface area contributed by atoms with Crippen molar-refractivity contribution in [2.24, 2.45) is 0 Å². The number of hydrogen-bond donors (Lipinski definition) is 0. The molecule has 0 amide bonds. The van der Waals surface area contributed by atoms with Gasteiger partial charge in [0.25, 0.3) is 0 Å². The maximum atomic E-state index is 12.9. The van der Waals surface area contributed by atoms with E-state index in [0.29, 0.717) is 12.8 Å². The molecule has 1 atom stereocenters. The molecule has 0 spiro atoms. The molecule has 0 N–H and O–H groups in total. The average Bonchev–Trinajstić information content (AvgIpc) is 3.47. The molecular weight excluding hydrogens is 997 g/mol. The number of unbranched alkanes of at least 4 members (excludes halogenated alkanes) is 21. The number of carbonyl (C=O) groups is 3. The summed E-state index contributed by atoms with van der Waals surface area (Å²) in [5, 5.41) is 0. The first-order valence-electron chi connectivity index (χ1n) is 33.0. The molecule has 0 fully saturated rings. The lowest BCUT2D eigenvalue weighted by molar-refractivity contribution is -0.167. The summed E-state index contributed by atoms with van der Waals surface area (Å²) in [6.45, 7) is 6.35. The number of ether oxygens (including phenoxy) is 3. The van der Waals surface area contributed by atoms with Crippen molar-refractivity contribution < 1.29 is 28.6 Å². The van der Waals surface area contributed by atoms with Gasteiger partial charge in [0.2, 0.25) is 0 Å². The first-order chi connectivity index (χ1) is 40.0. The van der Waals surface area contributed by atoms with Crippen LogP contribution in [0.3, 0.4) is 0 Å². The Bertz CT molecular complexity index is 1810. The lowest BCUT2D eigenvalue weighted by Gasteiger charge is -2.18. The van der Waals surface area contributed by atoms with Gasteiger partial charge in [-0.15, -0.1) is 0 Å². The molecule has 0 saturated carbocycles. The number of carbonyl (C=O) groups excluding carboxylic acids is 3. The van der Waals surface area contributed by atoms with E-state index in [4.69, 9.17) is 14.2 Å². The predicted molar refractivity (Wildman–Crippen MR) is 352 cm³/mol. The van der Waals surface area contributed by atoms with Gasteiger partial charge in [0.05, 0.1) is 0 Å². The number of rotatable bonds is 58. The fourth-order valence-electron chi connectivity index (χ4n) is 8.62. The lowest BCUT2D eigenvalue weighted by Crippen LogP contribution is -2.30. The molecule has 0 radical (unpaired) electrons. The predicted octanol–water partition coefficient (Wildman–Crippen LogP) is 22.9. The van der Waals surface area contributed by atoms with Crippen LogP contribution < -0.4 is 0 Å². The van der Waals surface area contributed by atoms with Crippen molar-refractivity contribution in [2.45, 2.75) is 284 Å². The maximum Gasteiger partial charge on any atom is 0.306 e. The van der Waals surface area contributed by atoms with Gasteiger partial charge in [-0.05, 0) is 148 Å². The molecule has 0 saturated heterocycles. The summed E-state index contributed by atoms with van der Waals surface area (Å²) in [5.74, 6) is -0.946. The summed E-state index contributed by atoms with van der Waals surface area (Å²) in [6.07, 6.45) is 98.2. The van der Waals surface area contributed by atoms with Crippen LogP contribution in [-0.4, -0.2) is 37.2 Å². The Balaban J connectivity index is 4.37. The van der Waals surface area contributed by atoms with Crippen LogP contribution in [0.5, 0.6) is 0 Å². The topological polar surface area (TPSA) is 78.9 Å². The molecular formula is C75H120O6. The Labute approximate surface area is 499 Å². The molecule has 1 unspecified atom stereocenters. The van der Waals surface area contributed by atoms with E-state index in [1.54, 1.807) is 0 Å². The van der Waals surface area contributed by atoms with Crippen molar-refractivity contribution in [3.05, 3.63) is 158 Å². The monoisotopic (exact) mass is 1120 g/mol. The van der Waals surface area contributed by atoms with Crippen LogP contribution in [0.4, 0.5) is 0 Å². The van der Waals surface area contributed by atoms with E-state index < -0.39 is 6.10 Å². The van der Waals surface area contributed by atoms with E-state index in [2.05, 4.69) is 179 Å². The Hall–Kier alpha value is -4.97. The fraction of sp³-hybridized carbons (Fsp3) is 0.613. The van der Waals surface area contributed by atoms with Crippen molar-refractivity contribution in [1.82, 2.24) is 0 Å². The van der Waals surface area contributed by atoms with Gasteiger partial charge in [0.15, 0.2) is 6.10 Å². The average molecular weight is 1120 g/mol. The smallest absolute Gasteiger partial charge is 0.306 e. The van der Waals surface area contributed by atoms with Crippen molar-refractivity contribution in [3.8, 4) is 0 Å². The second-order valence-electron chi connectivity index (χ2n) is 21.3. The Morgan fingerprint density at radius 2 is 0.481 bits per heavy atom. The Kier molecular flexibility index (Phi) is 63.4. The van der Waals surface area contributed by atoms with Gasteiger partial charge in [0, 0.05) is 19.3 Å². The quantitative estimate of drug-likeness (QED) is 0.0261. The van der Waals surface area contributed by atoms with Crippen LogP contribution in [-0.2, 0) is 28.6 Å². The van der Waals surface area contributed by atoms with Gasteiger partial charge >= 0.3 is 17.9 Å². The van der Waals surface area contributed by atoms with Gasteiger partial charge in [-0.25, -0.2) is 0 Å².